The van der Waals surface area contributed by atoms with E-state index in [0.29, 0.717) is 5.56 Å². The van der Waals surface area contributed by atoms with E-state index in [1.54, 1.807) is 6.08 Å². The van der Waals surface area contributed by atoms with Crippen molar-refractivity contribution in [1.82, 2.24) is 0 Å². The van der Waals surface area contributed by atoms with Crippen LogP contribution >= 0.6 is 23.2 Å². The molecule has 120 valence electrons. The first kappa shape index (κ1) is 17.8. The highest BCUT2D eigenvalue weighted by molar-refractivity contribution is 6.56. The van der Waals surface area contributed by atoms with Crippen molar-refractivity contribution in [3.05, 3.63) is 39.0 Å². The molecule has 2 rings (SSSR count). The Kier molecular flexibility index (Phi) is 4.95. The maximum Gasteiger partial charge on any atom is 0.491 e. The molecule has 2 N–H and O–H groups in total. The van der Waals surface area contributed by atoms with Gasteiger partial charge >= 0.3 is 7.12 Å². The molecule has 0 bridgehead atoms. The van der Waals surface area contributed by atoms with Crippen LogP contribution < -0.4 is 5.73 Å². The summed E-state index contributed by atoms with van der Waals surface area (Å²) in [5.41, 5.74) is 6.29. The van der Waals surface area contributed by atoms with Crippen LogP contribution in [-0.4, -0.2) is 24.9 Å². The molecule has 1 aromatic rings. The van der Waals surface area contributed by atoms with Crippen molar-refractivity contribution < 1.29 is 13.7 Å². The topological polar surface area (TPSA) is 44.5 Å². The smallest absolute Gasteiger partial charge is 0.400 e. The molecule has 0 amide bonds. The molecule has 0 unspecified atom stereocenters. The van der Waals surface area contributed by atoms with Gasteiger partial charge in [-0.3, -0.25) is 0 Å². The van der Waals surface area contributed by atoms with Crippen LogP contribution in [0, 0.1) is 5.82 Å². The van der Waals surface area contributed by atoms with E-state index in [9.17, 15) is 4.39 Å². The van der Waals surface area contributed by atoms with Gasteiger partial charge in [-0.15, -0.1) is 0 Å². The average Bonchev–Trinajstić information content (AvgIpc) is 2.61. The van der Waals surface area contributed by atoms with Gasteiger partial charge in [0.2, 0.25) is 0 Å². The molecule has 1 aliphatic heterocycles. The molecular weight excluding hydrogens is 327 g/mol. The minimum atomic E-state index is -0.634. The van der Waals surface area contributed by atoms with Crippen LogP contribution in [0.15, 0.2) is 17.6 Å². The summed E-state index contributed by atoms with van der Waals surface area (Å²) in [5.74, 6) is -0.634. The summed E-state index contributed by atoms with van der Waals surface area (Å²) in [5, 5.41) is -0.0759. The van der Waals surface area contributed by atoms with Gasteiger partial charge in [0.15, 0.2) is 5.82 Å². The summed E-state index contributed by atoms with van der Waals surface area (Å²) < 4.78 is 25.4. The maximum atomic E-state index is 13.5. The van der Waals surface area contributed by atoms with Crippen LogP contribution in [-0.2, 0) is 9.31 Å². The van der Waals surface area contributed by atoms with E-state index in [1.807, 2.05) is 27.7 Å². The summed E-state index contributed by atoms with van der Waals surface area (Å²) in [7, 11) is -0.558. The number of benzene rings is 1. The largest absolute Gasteiger partial charge is 0.491 e. The summed E-state index contributed by atoms with van der Waals surface area (Å²) in [6.07, 6.45) is 1.76. The van der Waals surface area contributed by atoms with Gasteiger partial charge in [0.05, 0.1) is 21.2 Å². The molecule has 0 saturated carbocycles. The number of nitrogens with two attached hydrogens (primary N) is 1. The third-order valence-electron chi connectivity index (χ3n) is 4.15. The second-order valence-corrected chi connectivity index (χ2v) is 7.12. The predicted molar refractivity (Wildman–Crippen MR) is 89.5 cm³/mol. The van der Waals surface area contributed by atoms with Crippen molar-refractivity contribution in [2.24, 2.45) is 5.73 Å². The number of hydrogen-bond donors (Lipinski definition) is 1. The quantitative estimate of drug-likeness (QED) is 0.662. The van der Waals surface area contributed by atoms with Gasteiger partial charge in [0, 0.05) is 6.54 Å². The molecule has 0 aliphatic carbocycles. The fraction of sp³-hybridized carbons (Fsp3) is 0.467. The molecule has 3 nitrogen and oxygen atoms in total. The molecule has 1 saturated heterocycles. The van der Waals surface area contributed by atoms with Gasteiger partial charge in [-0.25, -0.2) is 4.39 Å². The molecule has 1 aliphatic rings. The zero-order chi connectivity index (χ0) is 16.7. The van der Waals surface area contributed by atoms with Crippen LogP contribution in [0.4, 0.5) is 4.39 Å². The standard InChI is InChI=1S/C15H19BCl2FNO2/c1-14(2)15(3,4)22-16(21-14)10(8-20)5-9-6-11(17)13(19)12(18)7-9/h5-7H,8,20H2,1-4H3. The Balaban J connectivity index is 2.34. The van der Waals surface area contributed by atoms with Crippen LogP contribution in [0.25, 0.3) is 6.08 Å². The number of hydrogen-bond acceptors (Lipinski definition) is 3. The molecule has 22 heavy (non-hydrogen) atoms. The van der Waals surface area contributed by atoms with E-state index in [-0.39, 0.29) is 16.6 Å². The van der Waals surface area contributed by atoms with E-state index < -0.39 is 24.1 Å². The highest BCUT2D eigenvalue weighted by Crippen LogP contribution is 2.38. The second kappa shape index (κ2) is 6.14. The first-order chi connectivity index (χ1) is 10.1. The van der Waals surface area contributed by atoms with Crippen LogP contribution in [0.2, 0.25) is 10.0 Å². The zero-order valence-electron chi connectivity index (χ0n) is 13.0. The summed E-state index contributed by atoms with van der Waals surface area (Å²) >= 11 is 11.6. The highest BCUT2D eigenvalue weighted by Gasteiger charge is 2.52. The van der Waals surface area contributed by atoms with E-state index in [4.69, 9.17) is 38.2 Å². The van der Waals surface area contributed by atoms with Crippen LogP contribution in [0.5, 0.6) is 0 Å². The summed E-state index contributed by atoms with van der Waals surface area (Å²) in [6.45, 7) is 8.10. The maximum absolute atomic E-state index is 13.5. The summed E-state index contributed by atoms with van der Waals surface area (Å²) in [6, 6.07) is 2.98. The number of rotatable bonds is 3. The Morgan fingerprint density at radius 1 is 1.18 bits per heavy atom. The highest BCUT2D eigenvalue weighted by atomic mass is 35.5. The molecule has 1 fully saturated rings. The fourth-order valence-corrected chi connectivity index (χ4v) is 2.59. The molecule has 0 radical (unpaired) electrons. The Morgan fingerprint density at radius 3 is 2.05 bits per heavy atom. The van der Waals surface area contributed by atoms with Gasteiger partial charge in [0.25, 0.3) is 0 Å². The van der Waals surface area contributed by atoms with Crippen molar-refractivity contribution in [3.8, 4) is 0 Å². The van der Waals surface area contributed by atoms with Crippen molar-refractivity contribution >= 4 is 36.4 Å². The third kappa shape index (κ3) is 3.34. The SMILES string of the molecule is CC1(C)OB(C(=Cc2cc(Cl)c(F)c(Cl)c2)CN)OC1(C)C. The van der Waals surface area contributed by atoms with Gasteiger partial charge in [-0.1, -0.05) is 29.3 Å². The molecule has 0 atom stereocenters. The predicted octanol–water partition coefficient (Wildman–Crippen LogP) is 4.11. The normalized spacial score (nSPS) is 20.5. The molecule has 1 heterocycles. The van der Waals surface area contributed by atoms with Gasteiger partial charge in [-0.05, 0) is 50.9 Å². The van der Waals surface area contributed by atoms with Crippen molar-refractivity contribution in [2.45, 2.75) is 38.9 Å². The van der Waals surface area contributed by atoms with E-state index in [1.165, 1.54) is 12.1 Å². The fourth-order valence-electron chi connectivity index (χ4n) is 2.09. The summed E-state index contributed by atoms with van der Waals surface area (Å²) in [4.78, 5) is 0. The monoisotopic (exact) mass is 345 g/mol. The first-order valence-corrected chi connectivity index (χ1v) is 7.74. The van der Waals surface area contributed by atoms with Crippen molar-refractivity contribution in [1.29, 1.82) is 0 Å². The second-order valence-electron chi connectivity index (χ2n) is 6.31. The molecule has 0 aromatic heterocycles. The lowest BCUT2D eigenvalue weighted by molar-refractivity contribution is 0.00578. The minimum absolute atomic E-state index is 0.0379. The Bertz CT molecular complexity index is 581. The van der Waals surface area contributed by atoms with Gasteiger partial charge < -0.3 is 15.0 Å². The first-order valence-electron chi connectivity index (χ1n) is 6.98. The lowest BCUT2D eigenvalue weighted by Gasteiger charge is -2.32. The Hall–Kier alpha value is -0.585. The minimum Gasteiger partial charge on any atom is -0.400 e. The zero-order valence-corrected chi connectivity index (χ0v) is 14.6. The van der Waals surface area contributed by atoms with Crippen molar-refractivity contribution in [3.63, 3.8) is 0 Å². The Morgan fingerprint density at radius 2 is 1.64 bits per heavy atom. The molecule has 7 heteroatoms. The third-order valence-corrected chi connectivity index (χ3v) is 4.70. The Labute approximate surface area is 140 Å². The van der Waals surface area contributed by atoms with E-state index in [0.717, 1.165) is 5.47 Å². The number of halogens is 3. The van der Waals surface area contributed by atoms with E-state index in [2.05, 4.69) is 0 Å². The molecule has 1 aromatic carbocycles. The van der Waals surface area contributed by atoms with Crippen LogP contribution in [0.1, 0.15) is 33.3 Å². The van der Waals surface area contributed by atoms with Gasteiger partial charge in [-0.2, -0.15) is 0 Å². The molecular formula is C15H19BCl2FNO2. The molecule has 0 spiro atoms. The lowest BCUT2D eigenvalue weighted by Crippen LogP contribution is -2.41. The lowest BCUT2D eigenvalue weighted by atomic mass is 9.77. The van der Waals surface area contributed by atoms with Crippen LogP contribution in [0.3, 0.4) is 0 Å². The van der Waals surface area contributed by atoms with E-state index >= 15 is 0 Å². The van der Waals surface area contributed by atoms with Crippen molar-refractivity contribution in [2.75, 3.05) is 6.54 Å². The average molecular weight is 346 g/mol. The van der Waals surface area contributed by atoms with Gasteiger partial charge in [0.1, 0.15) is 0 Å².